The lowest BCUT2D eigenvalue weighted by Gasteiger charge is -2.18. The third-order valence-corrected chi connectivity index (χ3v) is 5.42. The van der Waals surface area contributed by atoms with Crippen molar-refractivity contribution in [3.8, 4) is 5.75 Å². The molecule has 31 heavy (non-hydrogen) atoms. The minimum atomic E-state index is -0.712. The maximum atomic E-state index is 13.3. The maximum absolute atomic E-state index is 13.3. The molecule has 4 rings (SSSR count). The highest BCUT2D eigenvalue weighted by Gasteiger charge is 2.24. The van der Waals surface area contributed by atoms with Crippen LogP contribution in [0.5, 0.6) is 5.75 Å². The summed E-state index contributed by atoms with van der Waals surface area (Å²) in [6.07, 6.45) is 1.04. The Kier molecular flexibility index (Phi) is 5.54. The van der Waals surface area contributed by atoms with Crippen molar-refractivity contribution < 1.29 is 13.9 Å². The number of amides is 1. The summed E-state index contributed by atoms with van der Waals surface area (Å²) < 4.78 is 14.1. The Morgan fingerprint density at radius 1 is 1.23 bits per heavy atom. The van der Waals surface area contributed by atoms with Gasteiger partial charge in [0, 0.05) is 25.1 Å². The minimum absolute atomic E-state index is 0.252. The first-order valence-electron chi connectivity index (χ1n) is 10.4. The lowest BCUT2D eigenvalue weighted by molar-refractivity contribution is -0.125. The van der Waals surface area contributed by atoms with Gasteiger partial charge in [-0.3, -0.25) is 14.0 Å². The zero-order chi connectivity index (χ0) is 22.1. The molecule has 1 atom stereocenters. The van der Waals surface area contributed by atoms with Crippen LogP contribution in [0, 0.1) is 6.92 Å². The molecule has 4 aromatic rings. The van der Waals surface area contributed by atoms with Gasteiger partial charge >= 0.3 is 0 Å². The number of nitrogens with one attached hydrogen (secondary N) is 1. The molecule has 3 heterocycles. The Morgan fingerprint density at radius 3 is 2.74 bits per heavy atom. The Morgan fingerprint density at radius 2 is 2.03 bits per heavy atom. The van der Waals surface area contributed by atoms with Crippen molar-refractivity contribution in [1.29, 1.82) is 0 Å². The van der Waals surface area contributed by atoms with E-state index in [0.717, 1.165) is 22.6 Å². The third kappa shape index (κ3) is 3.69. The molecule has 0 fully saturated rings. The summed E-state index contributed by atoms with van der Waals surface area (Å²) in [6, 6.07) is 10.4. The highest BCUT2D eigenvalue weighted by Crippen LogP contribution is 2.24. The molecular formula is C23H26N4O4. The normalized spacial score (nSPS) is 12.4. The lowest BCUT2D eigenvalue weighted by atomic mass is 10.2. The van der Waals surface area contributed by atoms with Gasteiger partial charge in [0.2, 0.25) is 5.91 Å². The molecule has 8 nitrogen and oxygen atoms in total. The topological polar surface area (TPSA) is 90.8 Å². The number of rotatable bonds is 7. The van der Waals surface area contributed by atoms with E-state index >= 15 is 0 Å². The van der Waals surface area contributed by atoms with Crippen LogP contribution < -0.4 is 15.6 Å². The number of aryl methyl sites for hydroxylation is 2. The number of benzene rings is 1. The Balaban J connectivity index is 1.68. The van der Waals surface area contributed by atoms with Crippen LogP contribution in [0.3, 0.4) is 0 Å². The fourth-order valence-corrected chi connectivity index (χ4v) is 3.88. The SMILES string of the molecule is CCc1nn([C@@H](CC)C(=O)NCc2cccc(OC)c2)c(=O)c2cc3oc(C)cc3n12. The first kappa shape index (κ1) is 20.7. The van der Waals surface area contributed by atoms with Crippen molar-refractivity contribution in [2.24, 2.45) is 0 Å². The molecule has 1 aromatic carbocycles. The molecule has 0 aliphatic rings. The molecular weight excluding hydrogens is 396 g/mol. The monoisotopic (exact) mass is 422 g/mol. The average molecular weight is 422 g/mol. The van der Waals surface area contributed by atoms with E-state index in [0.29, 0.717) is 36.3 Å². The Hall–Kier alpha value is -3.55. The number of carbonyl (C=O) groups is 1. The minimum Gasteiger partial charge on any atom is -0.497 e. The van der Waals surface area contributed by atoms with Crippen LogP contribution in [0.25, 0.3) is 16.6 Å². The lowest BCUT2D eigenvalue weighted by Crippen LogP contribution is -2.39. The Labute approximate surface area is 179 Å². The van der Waals surface area contributed by atoms with Gasteiger partial charge in [-0.1, -0.05) is 26.0 Å². The number of furan rings is 1. The van der Waals surface area contributed by atoms with Crippen molar-refractivity contribution in [3.05, 3.63) is 63.9 Å². The standard InChI is InChI=1S/C23H26N4O4/c1-5-17(22(28)24-13-15-8-7-9-16(11-15)30-4)27-23(29)19-12-20-18(10-14(3)31-20)26(19)21(6-2)25-27/h7-12,17H,5-6,13H2,1-4H3,(H,24,28)/t17-/m0/s1. The first-order chi connectivity index (χ1) is 15.0. The van der Waals surface area contributed by atoms with Crippen LogP contribution in [-0.4, -0.2) is 27.2 Å². The van der Waals surface area contributed by atoms with E-state index < -0.39 is 6.04 Å². The highest BCUT2D eigenvalue weighted by atomic mass is 16.5. The number of methoxy groups -OCH3 is 1. The van der Waals surface area contributed by atoms with Gasteiger partial charge < -0.3 is 14.5 Å². The summed E-state index contributed by atoms with van der Waals surface area (Å²) >= 11 is 0. The van der Waals surface area contributed by atoms with Gasteiger partial charge in [-0.15, -0.1) is 0 Å². The van der Waals surface area contributed by atoms with Gasteiger partial charge in [-0.05, 0) is 31.0 Å². The van der Waals surface area contributed by atoms with Crippen LogP contribution in [0.1, 0.15) is 43.5 Å². The van der Waals surface area contributed by atoms with E-state index in [1.165, 1.54) is 4.68 Å². The molecule has 1 amide bonds. The molecule has 8 heteroatoms. The molecule has 0 unspecified atom stereocenters. The molecule has 0 saturated carbocycles. The summed E-state index contributed by atoms with van der Waals surface area (Å²) in [5.74, 6) is 1.94. The fraction of sp³-hybridized carbons (Fsp3) is 0.348. The van der Waals surface area contributed by atoms with E-state index in [4.69, 9.17) is 9.15 Å². The number of carbonyl (C=O) groups excluding carboxylic acids is 1. The van der Waals surface area contributed by atoms with E-state index in [1.807, 2.05) is 55.5 Å². The van der Waals surface area contributed by atoms with Crippen molar-refractivity contribution >= 4 is 22.5 Å². The third-order valence-electron chi connectivity index (χ3n) is 5.42. The first-order valence-corrected chi connectivity index (χ1v) is 10.4. The molecule has 0 aliphatic heterocycles. The van der Waals surface area contributed by atoms with Gasteiger partial charge in [-0.25, -0.2) is 4.68 Å². The van der Waals surface area contributed by atoms with Crippen LogP contribution in [-0.2, 0) is 17.8 Å². The van der Waals surface area contributed by atoms with Crippen LogP contribution in [0.4, 0.5) is 0 Å². The van der Waals surface area contributed by atoms with E-state index in [-0.39, 0.29) is 11.5 Å². The number of ether oxygens (including phenoxy) is 1. The molecule has 0 aliphatic carbocycles. The van der Waals surface area contributed by atoms with E-state index in [9.17, 15) is 9.59 Å². The van der Waals surface area contributed by atoms with Gasteiger partial charge in [0.25, 0.3) is 5.56 Å². The zero-order valence-electron chi connectivity index (χ0n) is 18.1. The molecule has 3 aromatic heterocycles. The maximum Gasteiger partial charge on any atom is 0.291 e. The molecule has 162 valence electrons. The van der Waals surface area contributed by atoms with Gasteiger partial charge in [0.1, 0.15) is 28.9 Å². The molecule has 0 bridgehead atoms. The zero-order valence-corrected chi connectivity index (χ0v) is 18.1. The second kappa shape index (κ2) is 8.29. The summed E-state index contributed by atoms with van der Waals surface area (Å²) in [5.41, 5.74) is 2.51. The van der Waals surface area contributed by atoms with E-state index in [1.54, 1.807) is 13.2 Å². The largest absolute Gasteiger partial charge is 0.497 e. The molecule has 0 spiro atoms. The van der Waals surface area contributed by atoms with Gasteiger partial charge in [-0.2, -0.15) is 5.10 Å². The van der Waals surface area contributed by atoms with Crippen molar-refractivity contribution in [2.75, 3.05) is 7.11 Å². The predicted molar refractivity (Wildman–Crippen MR) is 118 cm³/mol. The number of aromatic nitrogens is 3. The summed E-state index contributed by atoms with van der Waals surface area (Å²) in [6.45, 7) is 6.04. The summed E-state index contributed by atoms with van der Waals surface area (Å²) in [4.78, 5) is 26.2. The van der Waals surface area contributed by atoms with Gasteiger partial charge in [0.15, 0.2) is 5.58 Å². The number of hydrogen-bond acceptors (Lipinski definition) is 5. The predicted octanol–water partition coefficient (Wildman–Crippen LogP) is 3.39. The number of nitrogens with zero attached hydrogens (tertiary/aromatic N) is 3. The van der Waals surface area contributed by atoms with Crippen LogP contribution in [0.2, 0.25) is 0 Å². The smallest absolute Gasteiger partial charge is 0.291 e. The van der Waals surface area contributed by atoms with Crippen LogP contribution in [0.15, 0.2) is 45.6 Å². The summed E-state index contributed by atoms with van der Waals surface area (Å²) in [7, 11) is 1.60. The van der Waals surface area contributed by atoms with Crippen LogP contribution >= 0.6 is 0 Å². The summed E-state index contributed by atoms with van der Waals surface area (Å²) in [5, 5.41) is 7.49. The van der Waals surface area contributed by atoms with Gasteiger partial charge in [0.05, 0.1) is 12.6 Å². The van der Waals surface area contributed by atoms with Crippen molar-refractivity contribution in [2.45, 2.75) is 46.2 Å². The molecule has 1 N–H and O–H groups in total. The Bertz CT molecular complexity index is 1310. The highest BCUT2D eigenvalue weighted by molar-refractivity contribution is 5.84. The molecule has 0 saturated heterocycles. The average Bonchev–Trinajstić information content (AvgIpc) is 3.31. The number of fused-ring (bicyclic) bond motifs is 3. The van der Waals surface area contributed by atoms with Crippen molar-refractivity contribution in [1.82, 2.24) is 19.5 Å². The quantitative estimate of drug-likeness (QED) is 0.493. The molecule has 0 radical (unpaired) electrons. The van der Waals surface area contributed by atoms with Crippen molar-refractivity contribution in [3.63, 3.8) is 0 Å². The fourth-order valence-electron chi connectivity index (χ4n) is 3.88. The van der Waals surface area contributed by atoms with E-state index in [2.05, 4.69) is 10.4 Å². The second-order valence-electron chi connectivity index (χ2n) is 7.48. The number of hydrogen-bond donors (Lipinski definition) is 1. The second-order valence-corrected chi connectivity index (χ2v) is 7.48.